The average Bonchev–Trinajstić information content (AvgIpc) is 3.11. The highest BCUT2D eigenvalue weighted by atomic mass is 19.4. The summed E-state index contributed by atoms with van der Waals surface area (Å²) in [6.45, 7) is 1.05. The van der Waals surface area contributed by atoms with Gasteiger partial charge in [0.2, 0.25) is 5.91 Å². The molecule has 7 nitrogen and oxygen atoms in total. The SMILES string of the molecule is O=C(CNC(=O)c1cccc(C(F)(F)F)c1)NC1CN(C2CCC3(CC2)OC(=O)c2ccccc23)C1. The number of ether oxygens (including phenoxy) is 1. The van der Waals surface area contributed by atoms with Gasteiger partial charge in [0.15, 0.2) is 0 Å². The second-order valence-electron chi connectivity index (χ2n) is 9.64. The number of carbonyl (C=O) groups is 3. The van der Waals surface area contributed by atoms with Gasteiger partial charge in [0, 0.05) is 30.3 Å². The first-order valence-corrected chi connectivity index (χ1v) is 12.0. The molecule has 2 aromatic carbocycles. The Morgan fingerprint density at radius 1 is 1.06 bits per heavy atom. The van der Waals surface area contributed by atoms with Gasteiger partial charge in [0.1, 0.15) is 5.60 Å². The third-order valence-corrected chi connectivity index (χ3v) is 7.34. The molecule has 2 N–H and O–H groups in total. The predicted octanol–water partition coefficient (Wildman–Crippen LogP) is 3.24. The lowest BCUT2D eigenvalue weighted by molar-refractivity contribution is -0.137. The quantitative estimate of drug-likeness (QED) is 0.615. The second kappa shape index (κ2) is 9.24. The number of benzene rings is 2. The predicted molar refractivity (Wildman–Crippen MR) is 123 cm³/mol. The topological polar surface area (TPSA) is 87.7 Å². The third kappa shape index (κ3) is 4.69. The van der Waals surface area contributed by atoms with Crippen LogP contribution in [0.15, 0.2) is 48.5 Å². The van der Waals surface area contributed by atoms with Gasteiger partial charge in [-0.1, -0.05) is 24.3 Å². The molecule has 2 heterocycles. The number of nitrogens with zero attached hydrogens (tertiary/aromatic N) is 1. The van der Waals surface area contributed by atoms with Crippen LogP contribution in [0.4, 0.5) is 13.2 Å². The molecule has 5 rings (SSSR count). The molecule has 0 aromatic heterocycles. The van der Waals surface area contributed by atoms with E-state index in [9.17, 15) is 27.6 Å². The summed E-state index contributed by atoms with van der Waals surface area (Å²) in [5.74, 6) is -1.38. The van der Waals surface area contributed by atoms with Gasteiger partial charge in [-0.3, -0.25) is 14.5 Å². The fourth-order valence-corrected chi connectivity index (χ4v) is 5.43. The third-order valence-electron chi connectivity index (χ3n) is 7.34. The number of rotatable bonds is 5. The van der Waals surface area contributed by atoms with Crippen molar-refractivity contribution < 1.29 is 32.3 Å². The van der Waals surface area contributed by atoms with Gasteiger partial charge in [-0.2, -0.15) is 13.2 Å². The van der Waals surface area contributed by atoms with Crippen LogP contribution < -0.4 is 10.6 Å². The number of amides is 2. The summed E-state index contributed by atoms with van der Waals surface area (Å²) in [7, 11) is 0. The van der Waals surface area contributed by atoms with Gasteiger partial charge < -0.3 is 15.4 Å². The molecule has 3 aliphatic rings. The zero-order chi connectivity index (χ0) is 25.5. The largest absolute Gasteiger partial charge is 0.451 e. The number of nitrogens with one attached hydrogen (secondary N) is 2. The van der Waals surface area contributed by atoms with Crippen LogP contribution in [0.2, 0.25) is 0 Å². The van der Waals surface area contributed by atoms with Crippen LogP contribution in [0.1, 0.15) is 57.5 Å². The number of hydrogen-bond donors (Lipinski definition) is 2. The summed E-state index contributed by atoms with van der Waals surface area (Å²) in [4.78, 5) is 38.9. The summed E-state index contributed by atoms with van der Waals surface area (Å²) in [6, 6.07) is 11.9. The zero-order valence-corrected chi connectivity index (χ0v) is 19.4. The van der Waals surface area contributed by atoms with Gasteiger partial charge in [0.05, 0.1) is 23.7 Å². The van der Waals surface area contributed by atoms with Crippen molar-refractivity contribution in [2.45, 2.75) is 49.5 Å². The van der Waals surface area contributed by atoms with Crippen molar-refractivity contribution >= 4 is 17.8 Å². The van der Waals surface area contributed by atoms with Gasteiger partial charge in [-0.15, -0.1) is 0 Å². The molecule has 0 bridgehead atoms. The zero-order valence-electron chi connectivity index (χ0n) is 19.4. The van der Waals surface area contributed by atoms with E-state index in [0.717, 1.165) is 49.4 Å². The van der Waals surface area contributed by atoms with Gasteiger partial charge >= 0.3 is 12.1 Å². The molecule has 1 aliphatic carbocycles. The van der Waals surface area contributed by atoms with Crippen molar-refractivity contribution in [1.82, 2.24) is 15.5 Å². The average molecular weight is 502 g/mol. The molecule has 2 fully saturated rings. The van der Waals surface area contributed by atoms with E-state index in [-0.39, 0.29) is 24.1 Å². The molecule has 1 saturated heterocycles. The van der Waals surface area contributed by atoms with Crippen molar-refractivity contribution in [3.8, 4) is 0 Å². The molecule has 10 heteroatoms. The van der Waals surface area contributed by atoms with E-state index in [0.29, 0.717) is 24.7 Å². The molecule has 2 amide bonds. The van der Waals surface area contributed by atoms with E-state index in [1.807, 2.05) is 24.3 Å². The van der Waals surface area contributed by atoms with Crippen LogP contribution in [0.3, 0.4) is 0 Å². The van der Waals surface area contributed by atoms with E-state index in [1.54, 1.807) is 0 Å². The molecule has 36 heavy (non-hydrogen) atoms. The monoisotopic (exact) mass is 501 g/mol. The van der Waals surface area contributed by atoms with Crippen LogP contribution in [-0.2, 0) is 21.3 Å². The molecule has 2 aromatic rings. The normalized spacial score (nSPS) is 24.1. The first-order valence-electron chi connectivity index (χ1n) is 12.0. The number of fused-ring (bicyclic) bond motifs is 2. The fourth-order valence-electron chi connectivity index (χ4n) is 5.43. The summed E-state index contributed by atoms with van der Waals surface area (Å²) in [5, 5.41) is 5.22. The second-order valence-corrected chi connectivity index (χ2v) is 9.64. The minimum Gasteiger partial charge on any atom is -0.451 e. The van der Waals surface area contributed by atoms with Gasteiger partial charge in [0.25, 0.3) is 5.91 Å². The van der Waals surface area contributed by atoms with Crippen LogP contribution >= 0.6 is 0 Å². The van der Waals surface area contributed by atoms with Crippen molar-refractivity contribution in [3.05, 3.63) is 70.8 Å². The maximum atomic E-state index is 12.8. The molecule has 0 unspecified atom stereocenters. The van der Waals surface area contributed by atoms with Gasteiger partial charge in [-0.05, 0) is 49.9 Å². The summed E-state index contributed by atoms with van der Waals surface area (Å²) >= 11 is 0. The molecule has 2 aliphatic heterocycles. The maximum absolute atomic E-state index is 12.8. The number of hydrogen-bond acceptors (Lipinski definition) is 5. The minimum atomic E-state index is -4.55. The standard InChI is InChI=1S/C26H26F3N3O4/c27-26(28,29)17-5-3-4-16(12-17)23(34)30-13-22(33)31-18-14-32(15-18)19-8-10-25(11-9-19)21-7-2-1-6-20(21)24(35)36-25/h1-7,12,18-19H,8-11,13-15H2,(H,30,34)(H,31,33). The minimum absolute atomic E-state index is 0.0520. The number of likely N-dealkylation sites (tertiary alicyclic amines) is 1. The Morgan fingerprint density at radius 3 is 2.50 bits per heavy atom. The van der Waals surface area contributed by atoms with Crippen molar-refractivity contribution in [3.63, 3.8) is 0 Å². The van der Waals surface area contributed by atoms with E-state index in [4.69, 9.17) is 4.74 Å². The molecule has 1 spiro atoms. The molecule has 190 valence electrons. The molecular weight excluding hydrogens is 475 g/mol. The first-order chi connectivity index (χ1) is 17.1. The summed E-state index contributed by atoms with van der Waals surface area (Å²) in [6.07, 6.45) is -1.26. The van der Waals surface area contributed by atoms with Crippen molar-refractivity contribution in [2.75, 3.05) is 19.6 Å². The van der Waals surface area contributed by atoms with Gasteiger partial charge in [-0.25, -0.2) is 4.79 Å². The summed E-state index contributed by atoms with van der Waals surface area (Å²) in [5.41, 5.74) is 0.0360. The van der Waals surface area contributed by atoms with E-state index in [2.05, 4.69) is 15.5 Å². The fraction of sp³-hybridized carbons (Fsp3) is 0.423. The summed E-state index contributed by atoms with van der Waals surface area (Å²) < 4.78 is 44.3. The Morgan fingerprint density at radius 2 is 1.78 bits per heavy atom. The molecule has 0 atom stereocenters. The highest BCUT2D eigenvalue weighted by Crippen LogP contribution is 2.47. The van der Waals surface area contributed by atoms with E-state index in [1.165, 1.54) is 6.07 Å². The molecule has 1 saturated carbocycles. The molecule has 0 radical (unpaired) electrons. The number of carbonyl (C=O) groups excluding carboxylic acids is 3. The Bertz CT molecular complexity index is 1180. The number of halogens is 3. The van der Waals surface area contributed by atoms with Crippen molar-refractivity contribution in [2.24, 2.45) is 0 Å². The Hall–Kier alpha value is -3.40. The number of alkyl halides is 3. The van der Waals surface area contributed by atoms with Crippen LogP contribution in [0, 0.1) is 0 Å². The Balaban J connectivity index is 1.05. The highest BCUT2D eigenvalue weighted by molar-refractivity contribution is 5.96. The van der Waals surface area contributed by atoms with Crippen LogP contribution in [-0.4, -0.2) is 54.4 Å². The lowest BCUT2D eigenvalue weighted by Crippen LogP contribution is -2.63. The van der Waals surface area contributed by atoms with Crippen molar-refractivity contribution in [1.29, 1.82) is 0 Å². The molecular formula is C26H26F3N3O4. The lowest BCUT2D eigenvalue weighted by atomic mass is 9.76. The van der Waals surface area contributed by atoms with Crippen LogP contribution in [0.25, 0.3) is 0 Å². The first kappa shape index (κ1) is 24.3. The highest BCUT2D eigenvalue weighted by Gasteiger charge is 2.49. The number of esters is 1. The maximum Gasteiger partial charge on any atom is 0.416 e. The van der Waals surface area contributed by atoms with E-state index < -0.39 is 29.2 Å². The Labute approximate surface area is 206 Å². The smallest absolute Gasteiger partial charge is 0.416 e. The van der Waals surface area contributed by atoms with Crippen LogP contribution in [0.5, 0.6) is 0 Å². The lowest BCUT2D eigenvalue weighted by Gasteiger charge is -2.48. The van der Waals surface area contributed by atoms with E-state index >= 15 is 0 Å². The Kier molecular flexibility index (Phi) is 6.23.